The van der Waals surface area contributed by atoms with Gasteiger partial charge in [0.1, 0.15) is 5.00 Å². The van der Waals surface area contributed by atoms with Gasteiger partial charge in [-0.15, -0.1) is 11.3 Å². The molecule has 2 aliphatic rings. The number of nitrogens with one attached hydrogen (secondary N) is 2. The van der Waals surface area contributed by atoms with Crippen molar-refractivity contribution in [2.45, 2.75) is 25.7 Å². The highest BCUT2D eigenvalue weighted by molar-refractivity contribution is 7.17. The van der Waals surface area contributed by atoms with Gasteiger partial charge in [-0.1, -0.05) is 11.6 Å². The topological polar surface area (TPSA) is 76.7 Å². The van der Waals surface area contributed by atoms with Gasteiger partial charge < -0.3 is 20.1 Å². The lowest BCUT2D eigenvalue weighted by atomic mass is 9.95. The number of benzene rings is 2. The van der Waals surface area contributed by atoms with Gasteiger partial charge in [0.15, 0.2) is 11.5 Å². The molecule has 5 rings (SSSR count). The van der Waals surface area contributed by atoms with Crippen molar-refractivity contribution in [1.82, 2.24) is 0 Å². The van der Waals surface area contributed by atoms with E-state index in [-0.39, 0.29) is 18.6 Å². The second-order valence-electron chi connectivity index (χ2n) is 7.40. The average Bonchev–Trinajstić information content (AvgIpc) is 3.38. The quantitative estimate of drug-likeness (QED) is 0.544. The first-order valence-electron chi connectivity index (χ1n) is 10.0. The third-order valence-corrected chi connectivity index (χ3v) is 6.82. The van der Waals surface area contributed by atoms with Gasteiger partial charge in [0.2, 0.25) is 6.79 Å². The SMILES string of the molecule is O=C(Nc1sc2c(c1C(=O)Nc1ccc(Cl)cc1)CCCC2)c1ccc2c(c1)OCO2. The number of carbonyl (C=O) groups excluding carboxylic acids is 2. The number of amides is 2. The summed E-state index contributed by atoms with van der Waals surface area (Å²) in [5.74, 6) is 0.630. The maximum atomic E-state index is 13.2. The van der Waals surface area contributed by atoms with Crippen molar-refractivity contribution < 1.29 is 19.1 Å². The fourth-order valence-electron chi connectivity index (χ4n) is 3.83. The molecular weight excluding hydrogens is 436 g/mol. The fourth-order valence-corrected chi connectivity index (χ4v) is 5.24. The zero-order valence-corrected chi connectivity index (χ0v) is 18.1. The van der Waals surface area contributed by atoms with Crippen LogP contribution >= 0.6 is 22.9 Å². The van der Waals surface area contributed by atoms with Crippen molar-refractivity contribution in [1.29, 1.82) is 0 Å². The number of ether oxygens (including phenoxy) is 2. The Morgan fingerprint density at radius 1 is 0.903 bits per heavy atom. The van der Waals surface area contributed by atoms with E-state index < -0.39 is 0 Å². The molecule has 2 amide bonds. The van der Waals surface area contributed by atoms with Crippen LogP contribution in [0.1, 0.15) is 44.0 Å². The van der Waals surface area contributed by atoms with Crippen molar-refractivity contribution in [3.63, 3.8) is 0 Å². The van der Waals surface area contributed by atoms with E-state index in [0.29, 0.717) is 38.3 Å². The van der Waals surface area contributed by atoms with E-state index in [9.17, 15) is 9.59 Å². The Balaban J connectivity index is 1.44. The van der Waals surface area contributed by atoms with E-state index in [4.69, 9.17) is 21.1 Å². The van der Waals surface area contributed by atoms with Crippen molar-refractivity contribution >= 4 is 45.4 Å². The van der Waals surface area contributed by atoms with Gasteiger partial charge in [0.25, 0.3) is 11.8 Å². The molecular formula is C23H19ClN2O4S. The van der Waals surface area contributed by atoms with Gasteiger partial charge in [0.05, 0.1) is 5.56 Å². The molecule has 0 atom stereocenters. The smallest absolute Gasteiger partial charge is 0.258 e. The van der Waals surface area contributed by atoms with Crippen LogP contribution in [0.4, 0.5) is 10.7 Å². The number of hydrogen-bond donors (Lipinski definition) is 2. The number of fused-ring (bicyclic) bond motifs is 2. The van der Waals surface area contributed by atoms with Crippen LogP contribution in [0.2, 0.25) is 5.02 Å². The highest BCUT2D eigenvalue weighted by Crippen LogP contribution is 2.39. The van der Waals surface area contributed by atoms with E-state index >= 15 is 0 Å². The largest absolute Gasteiger partial charge is 0.454 e. The standard InChI is InChI=1S/C23H19ClN2O4S/c24-14-6-8-15(9-7-14)25-22(28)20-16-3-1-2-4-19(16)31-23(20)26-21(27)13-5-10-17-18(11-13)30-12-29-17/h5-11H,1-4,12H2,(H,25,28)(H,26,27). The third kappa shape index (κ3) is 3.98. The molecule has 31 heavy (non-hydrogen) atoms. The van der Waals surface area contributed by atoms with Crippen LogP contribution in [0.3, 0.4) is 0 Å². The Morgan fingerprint density at radius 2 is 1.68 bits per heavy atom. The van der Waals surface area contributed by atoms with Gasteiger partial charge in [-0.05, 0) is 73.7 Å². The number of halogens is 1. The third-order valence-electron chi connectivity index (χ3n) is 5.36. The van der Waals surface area contributed by atoms with Crippen molar-refractivity contribution in [2.75, 3.05) is 17.4 Å². The molecule has 2 N–H and O–H groups in total. The van der Waals surface area contributed by atoms with Gasteiger partial charge in [-0.25, -0.2) is 0 Å². The number of anilines is 2. The zero-order valence-electron chi connectivity index (χ0n) is 16.5. The second-order valence-corrected chi connectivity index (χ2v) is 8.94. The minimum absolute atomic E-state index is 0.146. The van der Waals surface area contributed by atoms with Gasteiger partial charge in [0, 0.05) is 21.2 Å². The summed E-state index contributed by atoms with van der Waals surface area (Å²) in [6.45, 7) is 0.146. The van der Waals surface area contributed by atoms with Gasteiger partial charge >= 0.3 is 0 Å². The van der Waals surface area contributed by atoms with E-state index in [0.717, 1.165) is 36.1 Å². The molecule has 0 radical (unpaired) electrons. The molecule has 1 aliphatic carbocycles. The molecule has 0 unspecified atom stereocenters. The van der Waals surface area contributed by atoms with Crippen LogP contribution in [0, 0.1) is 0 Å². The number of thiophene rings is 1. The summed E-state index contributed by atoms with van der Waals surface area (Å²) >= 11 is 7.43. The molecule has 0 fully saturated rings. The predicted octanol–water partition coefficient (Wildman–Crippen LogP) is 5.51. The second kappa shape index (κ2) is 8.24. The first-order chi connectivity index (χ1) is 15.1. The van der Waals surface area contributed by atoms with Crippen molar-refractivity contribution in [3.8, 4) is 11.5 Å². The monoisotopic (exact) mass is 454 g/mol. The summed E-state index contributed by atoms with van der Waals surface area (Å²) in [5, 5.41) is 7.05. The highest BCUT2D eigenvalue weighted by Gasteiger charge is 2.27. The molecule has 0 saturated heterocycles. The van der Waals surface area contributed by atoms with E-state index in [1.165, 1.54) is 11.3 Å². The lowest BCUT2D eigenvalue weighted by Crippen LogP contribution is -2.18. The minimum Gasteiger partial charge on any atom is -0.454 e. The molecule has 1 aromatic heterocycles. The summed E-state index contributed by atoms with van der Waals surface area (Å²) in [6, 6.07) is 12.0. The molecule has 8 heteroatoms. The molecule has 1 aliphatic heterocycles. The van der Waals surface area contributed by atoms with Gasteiger partial charge in [-0.3, -0.25) is 9.59 Å². The predicted molar refractivity (Wildman–Crippen MR) is 121 cm³/mol. The van der Waals surface area contributed by atoms with Crippen LogP contribution in [-0.4, -0.2) is 18.6 Å². The summed E-state index contributed by atoms with van der Waals surface area (Å²) in [6.07, 6.45) is 3.86. The number of hydrogen-bond acceptors (Lipinski definition) is 5. The van der Waals surface area contributed by atoms with Crippen molar-refractivity contribution in [3.05, 3.63) is 69.1 Å². The summed E-state index contributed by atoms with van der Waals surface area (Å²) in [5.41, 5.74) is 2.67. The van der Waals surface area contributed by atoms with Crippen LogP contribution in [-0.2, 0) is 12.8 Å². The molecule has 0 saturated carbocycles. The fraction of sp³-hybridized carbons (Fsp3) is 0.217. The highest BCUT2D eigenvalue weighted by atomic mass is 35.5. The summed E-state index contributed by atoms with van der Waals surface area (Å²) in [4.78, 5) is 27.3. The summed E-state index contributed by atoms with van der Waals surface area (Å²) < 4.78 is 10.7. The first kappa shape index (κ1) is 19.9. The van der Waals surface area contributed by atoms with Crippen LogP contribution < -0.4 is 20.1 Å². The Morgan fingerprint density at radius 3 is 2.52 bits per heavy atom. The first-order valence-corrected chi connectivity index (χ1v) is 11.2. The van der Waals surface area contributed by atoms with Crippen LogP contribution in [0.5, 0.6) is 11.5 Å². The van der Waals surface area contributed by atoms with Gasteiger partial charge in [-0.2, -0.15) is 0 Å². The number of rotatable bonds is 4. The maximum Gasteiger partial charge on any atom is 0.258 e. The number of carbonyl (C=O) groups is 2. The molecule has 2 heterocycles. The minimum atomic E-state index is -0.294. The Hall–Kier alpha value is -3.03. The van der Waals surface area contributed by atoms with Crippen molar-refractivity contribution in [2.24, 2.45) is 0 Å². The van der Waals surface area contributed by atoms with E-state index in [1.807, 2.05) is 0 Å². The average molecular weight is 455 g/mol. The molecule has 158 valence electrons. The van der Waals surface area contributed by atoms with E-state index in [1.54, 1.807) is 42.5 Å². The lowest BCUT2D eigenvalue weighted by Gasteiger charge is -2.13. The molecule has 3 aromatic rings. The Labute approximate surface area is 188 Å². The lowest BCUT2D eigenvalue weighted by molar-refractivity contribution is 0.102. The summed E-state index contributed by atoms with van der Waals surface area (Å²) in [7, 11) is 0. The van der Waals surface area contributed by atoms with Crippen LogP contribution in [0.25, 0.3) is 0 Å². The molecule has 6 nitrogen and oxygen atoms in total. The van der Waals surface area contributed by atoms with E-state index in [2.05, 4.69) is 10.6 Å². The maximum absolute atomic E-state index is 13.2. The van der Waals surface area contributed by atoms with Crippen LogP contribution in [0.15, 0.2) is 42.5 Å². The zero-order chi connectivity index (χ0) is 21.4. The normalized spacial score (nSPS) is 14.1. The Kier molecular flexibility index (Phi) is 5.29. The molecule has 0 bridgehead atoms. The molecule has 0 spiro atoms. The Bertz CT molecular complexity index is 1170. The number of aryl methyl sites for hydroxylation is 1. The molecule has 2 aromatic carbocycles.